The van der Waals surface area contributed by atoms with E-state index in [1.807, 2.05) is 44.2 Å². The lowest BCUT2D eigenvalue weighted by Crippen LogP contribution is -2.54. The molecule has 1 aliphatic rings. The van der Waals surface area contributed by atoms with E-state index < -0.39 is 36.0 Å². The van der Waals surface area contributed by atoms with Crippen LogP contribution < -0.4 is 5.32 Å². The SMILES string of the molecule is CC[C@H](C)[C@@H]([C@@H](CC(=O)N1CCC[C@H]1[C@H](OC)[C@@H](C)C(=O)NC(Cc1ccccc1)C(=O)O)OC)N(C)C(=O)CC(C)C. The van der Waals surface area contributed by atoms with Gasteiger partial charge in [-0.25, -0.2) is 4.79 Å². The van der Waals surface area contributed by atoms with Gasteiger partial charge < -0.3 is 29.7 Å². The molecular formula is C33H53N3O7. The molecule has 7 atom stereocenters. The molecule has 10 heteroatoms. The number of carbonyl (C=O) groups is 4. The van der Waals surface area contributed by atoms with Crippen molar-refractivity contribution >= 4 is 23.7 Å². The summed E-state index contributed by atoms with van der Waals surface area (Å²) in [7, 11) is 4.88. The van der Waals surface area contributed by atoms with E-state index in [-0.39, 0.29) is 48.6 Å². The van der Waals surface area contributed by atoms with Gasteiger partial charge in [0.2, 0.25) is 17.7 Å². The summed E-state index contributed by atoms with van der Waals surface area (Å²) in [6, 6.07) is 7.43. The second kappa shape index (κ2) is 17.3. The Morgan fingerprint density at radius 2 is 1.70 bits per heavy atom. The Bertz CT molecular complexity index is 1050. The summed E-state index contributed by atoms with van der Waals surface area (Å²) in [6.07, 6.45) is 1.79. The maximum atomic E-state index is 13.8. The summed E-state index contributed by atoms with van der Waals surface area (Å²) in [4.78, 5) is 55.6. The highest BCUT2D eigenvalue weighted by Gasteiger charge is 2.42. The molecule has 242 valence electrons. The topological polar surface area (TPSA) is 125 Å². The molecule has 1 aliphatic heterocycles. The maximum Gasteiger partial charge on any atom is 0.326 e. The van der Waals surface area contributed by atoms with E-state index in [9.17, 15) is 24.3 Å². The highest BCUT2D eigenvalue weighted by Crippen LogP contribution is 2.29. The van der Waals surface area contributed by atoms with Crippen molar-refractivity contribution in [3.05, 3.63) is 35.9 Å². The first-order chi connectivity index (χ1) is 20.4. The van der Waals surface area contributed by atoms with Crippen LogP contribution in [0.3, 0.4) is 0 Å². The van der Waals surface area contributed by atoms with Crippen molar-refractivity contribution in [3.8, 4) is 0 Å². The summed E-state index contributed by atoms with van der Waals surface area (Å²) in [6.45, 7) is 10.4. The first-order valence-electron chi connectivity index (χ1n) is 15.5. The van der Waals surface area contributed by atoms with Gasteiger partial charge in [-0.1, -0.05) is 71.4 Å². The Morgan fingerprint density at radius 1 is 1.05 bits per heavy atom. The zero-order chi connectivity index (χ0) is 32.3. The Morgan fingerprint density at radius 3 is 2.23 bits per heavy atom. The fraction of sp³-hybridized carbons (Fsp3) is 0.697. The molecule has 1 saturated heterocycles. The number of carbonyl (C=O) groups excluding carboxylic acids is 3. The van der Waals surface area contributed by atoms with E-state index in [0.29, 0.717) is 19.4 Å². The van der Waals surface area contributed by atoms with Gasteiger partial charge in [-0.05, 0) is 30.2 Å². The Kier molecular flexibility index (Phi) is 14.6. The Balaban J connectivity index is 2.18. The molecule has 1 unspecified atom stereocenters. The number of likely N-dealkylation sites (tertiary alicyclic amines) is 1. The number of hydrogen-bond acceptors (Lipinski definition) is 6. The largest absolute Gasteiger partial charge is 0.480 e. The van der Waals surface area contributed by atoms with Crippen LogP contribution in [0, 0.1) is 17.8 Å². The summed E-state index contributed by atoms with van der Waals surface area (Å²) in [5, 5.41) is 12.5. The molecule has 0 radical (unpaired) electrons. The van der Waals surface area contributed by atoms with E-state index in [2.05, 4.69) is 19.2 Å². The number of rotatable bonds is 17. The number of amides is 3. The standard InChI is InChI=1S/C33H53N3O7/c1-9-22(4)30(35(6)28(37)18-21(2)3)27(42-7)20-29(38)36-17-13-16-26(36)31(43-8)23(5)32(39)34-25(33(40)41)19-24-14-11-10-12-15-24/h10-12,14-15,21-23,25-27,30-31H,9,13,16-20H2,1-8H3,(H,34,39)(H,40,41)/t22-,23+,25?,26-,27+,30-,31+/m0/s1. The van der Waals surface area contributed by atoms with E-state index in [1.165, 1.54) is 7.11 Å². The van der Waals surface area contributed by atoms with Gasteiger partial charge in [0, 0.05) is 40.7 Å². The van der Waals surface area contributed by atoms with Gasteiger partial charge in [-0.15, -0.1) is 0 Å². The molecule has 1 heterocycles. The van der Waals surface area contributed by atoms with Gasteiger partial charge >= 0.3 is 5.97 Å². The predicted molar refractivity (Wildman–Crippen MR) is 165 cm³/mol. The quantitative estimate of drug-likeness (QED) is 0.278. The van der Waals surface area contributed by atoms with Crippen LogP contribution in [0.2, 0.25) is 0 Å². The lowest BCUT2D eigenvalue weighted by atomic mass is 9.90. The average Bonchev–Trinajstić information content (AvgIpc) is 3.46. The number of ether oxygens (including phenoxy) is 2. The molecule has 0 spiro atoms. The number of aliphatic carboxylic acids is 1. The molecule has 10 nitrogen and oxygen atoms in total. The van der Waals surface area contributed by atoms with Crippen LogP contribution in [0.15, 0.2) is 30.3 Å². The van der Waals surface area contributed by atoms with Crippen molar-refractivity contribution in [1.82, 2.24) is 15.1 Å². The van der Waals surface area contributed by atoms with Gasteiger partial charge in [0.25, 0.3) is 0 Å². The normalized spacial score (nSPS) is 19.3. The molecule has 1 fully saturated rings. The summed E-state index contributed by atoms with van der Waals surface area (Å²) in [5.41, 5.74) is 0.804. The van der Waals surface area contributed by atoms with Crippen molar-refractivity contribution in [3.63, 3.8) is 0 Å². The van der Waals surface area contributed by atoms with Gasteiger partial charge in [0.05, 0.1) is 36.6 Å². The van der Waals surface area contributed by atoms with Gasteiger partial charge in [0.1, 0.15) is 6.04 Å². The lowest BCUT2D eigenvalue weighted by Gasteiger charge is -2.39. The molecule has 43 heavy (non-hydrogen) atoms. The first-order valence-corrected chi connectivity index (χ1v) is 15.5. The highest BCUT2D eigenvalue weighted by molar-refractivity contribution is 5.85. The Hall–Kier alpha value is -2.98. The van der Waals surface area contributed by atoms with E-state index in [4.69, 9.17) is 9.47 Å². The number of carboxylic acids is 1. The van der Waals surface area contributed by atoms with Crippen LogP contribution in [0.5, 0.6) is 0 Å². The lowest BCUT2D eigenvalue weighted by molar-refractivity contribution is -0.147. The molecule has 1 aromatic carbocycles. The smallest absolute Gasteiger partial charge is 0.326 e. The molecule has 3 amide bonds. The Labute approximate surface area is 257 Å². The molecule has 1 aromatic rings. The zero-order valence-electron chi connectivity index (χ0n) is 27.2. The zero-order valence-corrected chi connectivity index (χ0v) is 27.2. The fourth-order valence-corrected chi connectivity index (χ4v) is 6.17. The van der Waals surface area contributed by atoms with Crippen LogP contribution >= 0.6 is 0 Å². The summed E-state index contributed by atoms with van der Waals surface area (Å²) < 4.78 is 11.7. The molecule has 2 rings (SSSR count). The third-order valence-electron chi connectivity index (χ3n) is 8.78. The monoisotopic (exact) mass is 603 g/mol. The minimum absolute atomic E-state index is 0.0278. The van der Waals surface area contributed by atoms with Gasteiger partial charge in [0.15, 0.2) is 0 Å². The number of nitrogens with zero attached hydrogens (tertiary/aromatic N) is 2. The molecule has 0 aromatic heterocycles. The maximum absolute atomic E-state index is 13.8. The number of carboxylic acid groups (broad SMARTS) is 1. The number of methoxy groups -OCH3 is 2. The second-order valence-corrected chi connectivity index (χ2v) is 12.3. The number of nitrogens with one attached hydrogen (secondary N) is 1. The van der Waals surface area contributed by atoms with Crippen molar-refractivity contribution in [2.24, 2.45) is 17.8 Å². The van der Waals surface area contributed by atoms with Crippen LogP contribution in [0.25, 0.3) is 0 Å². The summed E-state index contributed by atoms with van der Waals surface area (Å²) in [5.74, 6) is -2.02. The van der Waals surface area contributed by atoms with Crippen LogP contribution in [-0.2, 0) is 35.1 Å². The van der Waals surface area contributed by atoms with Crippen molar-refractivity contribution in [2.45, 2.75) is 103 Å². The van der Waals surface area contributed by atoms with Gasteiger partial charge in [-0.3, -0.25) is 14.4 Å². The first kappa shape index (κ1) is 36.2. The van der Waals surface area contributed by atoms with E-state index in [1.54, 1.807) is 30.9 Å². The van der Waals surface area contributed by atoms with Crippen LogP contribution in [0.1, 0.15) is 72.3 Å². The van der Waals surface area contributed by atoms with E-state index in [0.717, 1.165) is 18.4 Å². The van der Waals surface area contributed by atoms with Crippen LogP contribution in [-0.4, -0.2) is 96.7 Å². The van der Waals surface area contributed by atoms with Crippen molar-refractivity contribution in [1.29, 1.82) is 0 Å². The molecular weight excluding hydrogens is 550 g/mol. The van der Waals surface area contributed by atoms with Crippen LogP contribution in [0.4, 0.5) is 0 Å². The molecule has 0 aliphatic carbocycles. The minimum Gasteiger partial charge on any atom is -0.480 e. The number of benzene rings is 1. The highest BCUT2D eigenvalue weighted by atomic mass is 16.5. The molecule has 2 N–H and O–H groups in total. The summed E-state index contributed by atoms with van der Waals surface area (Å²) >= 11 is 0. The third kappa shape index (κ3) is 10.0. The molecule has 0 saturated carbocycles. The van der Waals surface area contributed by atoms with E-state index >= 15 is 0 Å². The average molecular weight is 604 g/mol. The minimum atomic E-state index is -1.12. The predicted octanol–water partition coefficient (Wildman–Crippen LogP) is 3.76. The number of hydrogen-bond donors (Lipinski definition) is 2. The number of likely N-dealkylation sites (N-methyl/N-ethyl adjacent to an activating group) is 1. The second-order valence-electron chi connectivity index (χ2n) is 12.3. The van der Waals surface area contributed by atoms with Crippen molar-refractivity contribution in [2.75, 3.05) is 27.8 Å². The third-order valence-corrected chi connectivity index (χ3v) is 8.78. The molecule has 0 bridgehead atoms. The fourth-order valence-electron chi connectivity index (χ4n) is 6.17. The van der Waals surface area contributed by atoms with Gasteiger partial charge in [-0.2, -0.15) is 0 Å². The van der Waals surface area contributed by atoms with Crippen molar-refractivity contribution < 1.29 is 33.8 Å².